The van der Waals surface area contributed by atoms with E-state index in [0.717, 1.165) is 68.4 Å². The minimum atomic E-state index is -0.932. The molecular weight excluding hydrogens is 440 g/mol. The van der Waals surface area contributed by atoms with Crippen molar-refractivity contribution >= 4 is 22.7 Å². The van der Waals surface area contributed by atoms with Gasteiger partial charge in [-0.25, -0.2) is 0 Å². The molecule has 7 heteroatoms. The van der Waals surface area contributed by atoms with E-state index >= 15 is 0 Å². The molecule has 5 rings (SSSR count). The van der Waals surface area contributed by atoms with E-state index in [-0.39, 0.29) is 17.9 Å². The van der Waals surface area contributed by atoms with Gasteiger partial charge in [-0.05, 0) is 76.9 Å². The Morgan fingerprint density at radius 2 is 1.80 bits per heavy atom. The Bertz CT molecular complexity index is 1070. The maximum absolute atomic E-state index is 13.9. The van der Waals surface area contributed by atoms with Gasteiger partial charge in [0.2, 0.25) is 5.91 Å². The van der Waals surface area contributed by atoms with Crippen LogP contribution in [0, 0.1) is 0 Å². The zero-order valence-corrected chi connectivity index (χ0v) is 21.4. The fourth-order valence-electron chi connectivity index (χ4n) is 6.23. The van der Waals surface area contributed by atoms with Gasteiger partial charge in [0.05, 0.1) is 19.2 Å². The fourth-order valence-corrected chi connectivity index (χ4v) is 6.23. The number of hydrogen-bond acceptors (Lipinski definition) is 4. The lowest BCUT2D eigenvalue weighted by Gasteiger charge is -2.45. The van der Waals surface area contributed by atoms with Crippen LogP contribution in [-0.4, -0.2) is 71.1 Å². The molecule has 1 aromatic carbocycles. The second kappa shape index (κ2) is 10.2. The van der Waals surface area contributed by atoms with Crippen molar-refractivity contribution in [3.8, 4) is 5.75 Å². The van der Waals surface area contributed by atoms with Crippen LogP contribution in [0.2, 0.25) is 0 Å². The Kier molecular flexibility index (Phi) is 7.05. The first-order valence-corrected chi connectivity index (χ1v) is 13.5. The zero-order valence-electron chi connectivity index (χ0n) is 21.4. The summed E-state index contributed by atoms with van der Waals surface area (Å²) in [5.41, 5.74) is 0.671. The summed E-state index contributed by atoms with van der Waals surface area (Å²) < 4.78 is 7.48. The van der Waals surface area contributed by atoms with Crippen LogP contribution >= 0.6 is 0 Å². The van der Waals surface area contributed by atoms with Gasteiger partial charge >= 0.3 is 0 Å². The van der Waals surface area contributed by atoms with Crippen LogP contribution in [0.3, 0.4) is 0 Å². The van der Waals surface area contributed by atoms with Gasteiger partial charge in [-0.1, -0.05) is 25.7 Å². The van der Waals surface area contributed by atoms with Gasteiger partial charge in [-0.3, -0.25) is 9.59 Å². The molecule has 1 N–H and O–H groups in total. The Morgan fingerprint density at radius 3 is 2.54 bits per heavy atom. The van der Waals surface area contributed by atoms with Gasteiger partial charge in [0.15, 0.2) is 0 Å². The number of fused-ring (bicyclic) bond motifs is 3. The highest BCUT2D eigenvalue weighted by molar-refractivity contribution is 6.03. The van der Waals surface area contributed by atoms with Crippen LogP contribution in [0.25, 0.3) is 10.9 Å². The molecule has 1 aromatic heterocycles. The highest BCUT2D eigenvalue weighted by Gasteiger charge is 2.48. The van der Waals surface area contributed by atoms with E-state index < -0.39 is 5.54 Å². The molecule has 7 nitrogen and oxygen atoms in total. The van der Waals surface area contributed by atoms with Gasteiger partial charge in [0.25, 0.3) is 5.91 Å². The molecule has 1 atom stereocenters. The van der Waals surface area contributed by atoms with Crippen LogP contribution in [0.1, 0.15) is 75.2 Å². The number of benzene rings is 1. The molecule has 1 aliphatic carbocycles. The lowest BCUT2D eigenvalue weighted by molar-refractivity contribution is -0.133. The molecule has 1 saturated heterocycles. The van der Waals surface area contributed by atoms with Crippen molar-refractivity contribution in [2.45, 2.75) is 82.8 Å². The Balaban J connectivity index is 1.43. The van der Waals surface area contributed by atoms with Crippen LogP contribution in [0.15, 0.2) is 24.3 Å². The zero-order chi connectivity index (χ0) is 24.4. The summed E-state index contributed by atoms with van der Waals surface area (Å²) in [4.78, 5) is 32.1. The number of methoxy groups -OCH3 is 1. The minimum Gasteiger partial charge on any atom is -0.497 e. The molecule has 2 aliphatic heterocycles. The van der Waals surface area contributed by atoms with E-state index in [1.807, 2.05) is 40.7 Å². The van der Waals surface area contributed by atoms with E-state index in [1.165, 1.54) is 25.7 Å². The van der Waals surface area contributed by atoms with Crippen LogP contribution in [-0.2, 0) is 11.3 Å². The molecule has 3 heterocycles. The first kappa shape index (κ1) is 24.2. The Morgan fingerprint density at radius 1 is 1.06 bits per heavy atom. The predicted octanol–water partition coefficient (Wildman–Crippen LogP) is 4.19. The Labute approximate surface area is 208 Å². The molecule has 2 amide bonds. The summed E-state index contributed by atoms with van der Waals surface area (Å²) in [6.07, 6.45) is 10.3. The first-order chi connectivity index (χ1) is 17.0. The smallest absolute Gasteiger partial charge is 0.271 e. The topological polar surface area (TPSA) is 66.8 Å². The number of piperidine rings is 1. The van der Waals surface area contributed by atoms with Crippen LogP contribution < -0.4 is 10.1 Å². The van der Waals surface area contributed by atoms with E-state index in [1.54, 1.807) is 7.11 Å². The van der Waals surface area contributed by atoms with Crippen LogP contribution in [0.4, 0.5) is 0 Å². The van der Waals surface area contributed by atoms with Crippen molar-refractivity contribution in [1.29, 1.82) is 0 Å². The number of ether oxygens (including phenoxy) is 1. The number of amides is 2. The molecule has 35 heavy (non-hydrogen) atoms. The monoisotopic (exact) mass is 480 g/mol. The number of carbonyl (C=O) groups excluding carboxylic acids is 2. The summed E-state index contributed by atoms with van der Waals surface area (Å²) in [5, 5.41) is 4.33. The van der Waals surface area contributed by atoms with Crippen molar-refractivity contribution in [3.05, 3.63) is 30.0 Å². The molecule has 1 unspecified atom stereocenters. The number of rotatable bonds is 7. The summed E-state index contributed by atoms with van der Waals surface area (Å²) in [7, 11) is 1.65. The molecule has 0 radical (unpaired) electrons. The number of nitrogens with zero attached hydrogens (tertiary/aromatic N) is 3. The second-order valence-electron chi connectivity index (χ2n) is 10.8. The SMILES string of the molecule is COc1ccc2cc3n(c2c1)CC(C)(C(=O)NC1CCCCC1)N(CCCN1CCCCC1)C3=O. The molecule has 2 aromatic rings. The normalized spacial score (nSPS) is 23.9. The lowest BCUT2D eigenvalue weighted by atomic mass is 9.91. The van der Waals surface area contributed by atoms with Gasteiger partial charge in [0, 0.05) is 24.0 Å². The van der Waals surface area contributed by atoms with Crippen molar-refractivity contribution in [1.82, 2.24) is 19.7 Å². The predicted molar refractivity (Wildman–Crippen MR) is 138 cm³/mol. The molecular formula is C28H40N4O3. The van der Waals surface area contributed by atoms with Crippen molar-refractivity contribution in [2.75, 3.05) is 33.3 Å². The summed E-state index contributed by atoms with van der Waals surface area (Å²) in [6.45, 7) is 6.26. The lowest BCUT2D eigenvalue weighted by Crippen LogP contribution is -2.65. The molecule has 3 aliphatic rings. The van der Waals surface area contributed by atoms with Gasteiger partial charge < -0.3 is 24.4 Å². The van der Waals surface area contributed by atoms with E-state index in [9.17, 15) is 9.59 Å². The van der Waals surface area contributed by atoms with Crippen molar-refractivity contribution in [2.24, 2.45) is 0 Å². The summed E-state index contributed by atoms with van der Waals surface area (Å²) in [5.74, 6) is 0.681. The highest BCUT2D eigenvalue weighted by Crippen LogP contribution is 2.34. The number of carbonyl (C=O) groups is 2. The molecule has 190 valence electrons. The third kappa shape index (κ3) is 4.80. The number of nitrogens with one attached hydrogen (secondary N) is 1. The van der Waals surface area contributed by atoms with Gasteiger partial charge in [0.1, 0.15) is 17.0 Å². The molecule has 2 fully saturated rings. The highest BCUT2D eigenvalue weighted by atomic mass is 16.5. The third-order valence-corrected chi connectivity index (χ3v) is 8.37. The quantitative estimate of drug-likeness (QED) is 0.645. The van der Waals surface area contributed by atoms with Crippen LogP contribution in [0.5, 0.6) is 5.75 Å². The number of hydrogen-bond donors (Lipinski definition) is 1. The minimum absolute atomic E-state index is 0.0221. The third-order valence-electron chi connectivity index (χ3n) is 8.37. The molecule has 0 bridgehead atoms. The molecule has 1 saturated carbocycles. The van der Waals surface area contributed by atoms with Gasteiger partial charge in [-0.2, -0.15) is 0 Å². The number of aromatic nitrogens is 1. The largest absolute Gasteiger partial charge is 0.497 e. The summed E-state index contributed by atoms with van der Waals surface area (Å²) in [6, 6.07) is 8.06. The van der Waals surface area contributed by atoms with Crippen molar-refractivity contribution in [3.63, 3.8) is 0 Å². The average molecular weight is 481 g/mol. The maximum Gasteiger partial charge on any atom is 0.271 e. The molecule has 0 spiro atoms. The Hall–Kier alpha value is -2.54. The second-order valence-corrected chi connectivity index (χ2v) is 10.8. The van der Waals surface area contributed by atoms with E-state index in [2.05, 4.69) is 10.2 Å². The average Bonchev–Trinajstić information content (AvgIpc) is 3.24. The maximum atomic E-state index is 13.9. The van der Waals surface area contributed by atoms with Gasteiger partial charge in [-0.15, -0.1) is 0 Å². The summed E-state index contributed by atoms with van der Waals surface area (Å²) >= 11 is 0. The first-order valence-electron chi connectivity index (χ1n) is 13.5. The fraction of sp³-hybridized carbons (Fsp3) is 0.643. The van der Waals surface area contributed by atoms with E-state index in [4.69, 9.17) is 4.74 Å². The standard InChI is InChI=1S/C28H40N4O3/c1-28(27(34)29-22-10-5-3-6-11-22)20-31-24-19-23(35-2)13-12-21(24)18-25(31)26(33)32(28)17-9-16-30-14-7-4-8-15-30/h12-13,18-19,22H,3-11,14-17,20H2,1-2H3,(H,29,34). The van der Waals surface area contributed by atoms with Crippen molar-refractivity contribution < 1.29 is 14.3 Å². The number of likely N-dealkylation sites (tertiary alicyclic amines) is 1. The van der Waals surface area contributed by atoms with E-state index in [0.29, 0.717) is 18.8 Å².